The summed E-state index contributed by atoms with van der Waals surface area (Å²) in [6.07, 6.45) is 3.21. The molecule has 17 heavy (non-hydrogen) atoms. The van der Waals surface area contributed by atoms with Crippen LogP contribution in [0.2, 0.25) is 0 Å². The molecule has 0 aromatic heterocycles. The lowest BCUT2D eigenvalue weighted by molar-refractivity contribution is -0.138. The zero-order valence-corrected chi connectivity index (χ0v) is 10.5. The summed E-state index contributed by atoms with van der Waals surface area (Å²) in [6, 6.07) is -0.0507. The standard InChI is InChI=1S/C12H22N2O3/c1-12(2,7-6-10(15)16)14-11(17)8-4-3-5-9(8)13/h8-9H,3-7,13H2,1-2H3,(H,14,17)(H,15,16). The summed E-state index contributed by atoms with van der Waals surface area (Å²) in [5.41, 5.74) is 5.38. The molecule has 4 N–H and O–H groups in total. The van der Waals surface area contributed by atoms with Crippen molar-refractivity contribution < 1.29 is 14.7 Å². The van der Waals surface area contributed by atoms with E-state index in [1.165, 1.54) is 0 Å². The van der Waals surface area contributed by atoms with Gasteiger partial charge in [-0.2, -0.15) is 0 Å². The molecule has 0 heterocycles. The lowest BCUT2D eigenvalue weighted by Gasteiger charge is -2.28. The first-order valence-electron chi connectivity index (χ1n) is 6.11. The van der Waals surface area contributed by atoms with Gasteiger partial charge in [-0.15, -0.1) is 0 Å². The van der Waals surface area contributed by atoms with E-state index in [9.17, 15) is 9.59 Å². The smallest absolute Gasteiger partial charge is 0.303 e. The molecule has 1 fully saturated rings. The number of amides is 1. The molecule has 0 radical (unpaired) electrons. The van der Waals surface area contributed by atoms with Gasteiger partial charge in [-0.3, -0.25) is 9.59 Å². The minimum absolute atomic E-state index is 0.0367. The highest BCUT2D eigenvalue weighted by molar-refractivity contribution is 5.80. The highest BCUT2D eigenvalue weighted by Crippen LogP contribution is 2.25. The molecule has 5 heteroatoms. The van der Waals surface area contributed by atoms with E-state index in [4.69, 9.17) is 10.8 Å². The molecule has 0 spiro atoms. The minimum Gasteiger partial charge on any atom is -0.481 e. The van der Waals surface area contributed by atoms with Crippen molar-refractivity contribution in [2.24, 2.45) is 11.7 Å². The summed E-state index contributed by atoms with van der Waals surface area (Å²) in [5, 5.41) is 11.5. The van der Waals surface area contributed by atoms with E-state index in [1.807, 2.05) is 13.8 Å². The van der Waals surface area contributed by atoms with Gasteiger partial charge in [0.15, 0.2) is 0 Å². The first-order chi connectivity index (χ1) is 7.82. The van der Waals surface area contributed by atoms with Crippen LogP contribution in [-0.2, 0) is 9.59 Å². The second-order valence-electron chi connectivity index (χ2n) is 5.47. The molecule has 1 amide bonds. The fourth-order valence-corrected chi connectivity index (χ4v) is 2.22. The van der Waals surface area contributed by atoms with E-state index in [-0.39, 0.29) is 24.3 Å². The van der Waals surface area contributed by atoms with Crippen LogP contribution >= 0.6 is 0 Å². The Morgan fingerprint density at radius 3 is 2.53 bits per heavy atom. The minimum atomic E-state index is -0.843. The number of hydrogen-bond acceptors (Lipinski definition) is 3. The van der Waals surface area contributed by atoms with Crippen molar-refractivity contribution in [3.63, 3.8) is 0 Å². The normalized spacial score (nSPS) is 24.6. The highest BCUT2D eigenvalue weighted by atomic mass is 16.4. The van der Waals surface area contributed by atoms with E-state index in [0.29, 0.717) is 6.42 Å². The first-order valence-corrected chi connectivity index (χ1v) is 6.11. The number of nitrogens with two attached hydrogens (primary N) is 1. The van der Waals surface area contributed by atoms with Gasteiger partial charge in [0.1, 0.15) is 0 Å². The molecular formula is C12H22N2O3. The maximum atomic E-state index is 12.0. The molecule has 0 aliphatic heterocycles. The molecule has 1 rings (SSSR count). The van der Waals surface area contributed by atoms with Crippen LogP contribution in [0.5, 0.6) is 0 Å². The lowest BCUT2D eigenvalue weighted by Crippen LogP contribution is -2.48. The summed E-state index contributed by atoms with van der Waals surface area (Å²) in [5.74, 6) is -0.991. The summed E-state index contributed by atoms with van der Waals surface area (Å²) < 4.78 is 0. The average molecular weight is 242 g/mol. The molecule has 0 bridgehead atoms. The van der Waals surface area contributed by atoms with Gasteiger partial charge in [0.2, 0.25) is 5.91 Å². The number of aliphatic carboxylic acids is 1. The number of nitrogens with one attached hydrogen (secondary N) is 1. The van der Waals surface area contributed by atoms with E-state index >= 15 is 0 Å². The Kier molecular flexibility index (Phi) is 4.51. The van der Waals surface area contributed by atoms with E-state index in [1.54, 1.807) is 0 Å². The molecule has 1 saturated carbocycles. The molecule has 1 aliphatic carbocycles. The SMILES string of the molecule is CC(C)(CCC(=O)O)NC(=O)C1CCCC1N. The molecule has 0 aromatic carbocycles. The summed E-state index contributed by atoms with van der Waals surface area (Å²) >= 11 is 0. The van der Waals surface area contributed by atoms with Crippen molar-refractivity contribution in [1.82, 2.24) is 5.32 Å². The molecule has 5 nitrogen and oxygen atoms in total. The first kappa shape index (κ1) is 14.0. The second kappa shape index (κ2) is 5.49. The molecule has 0 saturated heterocycles. The van der Waals surface area contributed by atoms with Gasteiger partial charge in [-0.25, -0.2) is 0 Å². The van der Waals surface area contributed by atoms with Crippen LogP contribution in [0, 0.1) is 5.92 Å². The Labute approximate surface area is 102 Å². The molecule has 2 unspecified atom stereocenters. The fraction of sp³-hybridized carbons (Fsp3) is 0.833. The maximum Gasteiger partial charge on any atom is 0.303 e. The number of carboxylic acids is 1. The van der Waals surface area contributed by atoms with E-state index < -0.39 is 11.5 Å². The van der Waals surface area contributed by atoms with Crippen LogP contribution in [-0.4, -0.2) is 28.6 Å². The third-order valence-corrected chi connectivity index (χ3v) is 3.33. The van der Waals surface area contributed by atoms with Gasteiger partial charge in [0.05, 0.1) is 5.92 Å². The van der Waals surface area contributed by atoms with Crippen molar-refractivity contribution >= 4 is 11.9 Å². The van der Waals surface area contributed by atoms with Crippen molar-refractivity contribution in [3.8, 4) is 0 Å². The van der Waals surface area contributed by atoms with Crippen LogP contribution in [0.4, 0.5) is 0 Å². The van der Waals surface area contributed by atoms with Crippen LogP contribution < -0.4 is 11.1 Å². The topological polar surface area (TPSA) is 92.4 Å². The van der Waals surface area contributed by atoms with Gasteiger partial charge in [0, 0.05) is 18.0 Å². The molecule has 0 aromatic rings. The van der Waals surface area contributed by atoms with Crippen molar-refractivity contribution in [3.05, 3.63) is 0 Å². The van der Waals surface area contributed by atoms with Crippen LogP contribution in [0.3, 0.4) is 0 Å². The maximum absolute atomic E-state index is 12.0. The van der Waals surface area contributed by atoms with Crippen LogP contribution in [0.15, 0.2) is 0 Å². The predicted molar refractivity (Wildman–Crippen MR) is 64.4 cm³/mol. The van der Waals surface area contributed by atoms with Gasteiger partial charge in [-0.1, -0.05) is 6.42 Å². The molecular weight excluding hydrogens is 220 g/mol. The zero-order chi connectivity index (χ0) is 13.1. The van der Waals surface area contributed by atoms with E-state index in [0.717, 1.165) is 19.3 Å². The Balaban J connectivity index is 2.46. The number of carbonyl (C=O) groups excluding carboxylic acids is 1. The van der Waals surface area contributed by atoms with Crippen molar-refractivity contribution in [2.45, 2.75) is 57.5 Å². The van der Waals surface area contributed by atoms with Crippen LogP contribution in [0.25, 0.3) is 0 Å². The van der Waals surface area contributed by atoms with E-state index in [2.05, 4.69) is 5.32 Å². The summed E-state index contributed by atoms with van der Waals surface area (Å²) in [7, 11) is 0. The second-order valence-corrected chi connectivity index (χ2v) is 5.47. The van der Waals surface area contributed by atoms with Gasteiger partial charge >= 0.3 is 5.97 Å². The monoisotopic (exact) mass is 242 g/mol. The van der Waals surface area contributed by atoms with Gasteiger partial charge in [-0.05, 0) is 33.1 Å². The molecule has 2 atom stereocenters. The predicted octanol–water partition coefficient (Wildman–Crippen LogP) is 0.873. The zero-order valence-electron chi connectivity index (χ0n) is 10.5. The van der Waals surface area contributed by atoms with Crippen molar-refractivity contribution in [2.75, 3.05) is 0 Å². The molecule has 98 valence electrons. The lowest BCUT2D eigenvalue weighted by atomic mass is 9.95. The van der Waals surface area contributed by atoms with Crippen LogP contribution in [0.1, 0.15) is 46.0 Å². The Morgan fingerprint density at radius 1 is 1.41 bits per heavy atom. The largest absolute Gasteiger partial charge is 0.481 e. The number of hydrogen-bond donors (Lipinski definition) is 3. The Morgan fingerprint density at radius 2 is 2.06 bits per heavy atom. The third-order valence-electron chi connectivity index (χ3n) is 3.33. The van der Waals surface area contributed by atoms with Gasteiger partial charge < -0.3 is 16.2 Å². The number of carbonyl (C=O) groups is 2. The summed E-state index contributed by atoms with van der Waals surface area (Å²) in [4.78, 5) is 22.5. The third kappa shape index (κ3) is 4.34. The average Bonchev–Trinajstić information content (AvgIpc) is 2.61. The Bertz CT molecular complexity index is 302. The highest BCUT2D eigenvalue weighted by Gasteiger charge is 2.33. The Hall–Kier alpha value is -1.10. The summed E-state index contributed by atoms with van der Waals surface area (Å²) in [6.45, 7) is 3.68. The fourth-order valence-electron chi connectivity index (χ4n) is 2.22. The van der Waals surface area contributed by atoms with Gasteiger partial charge in [0.25, 0.3) is 0 Å². The molecule has 1 aliphatic rings. The number of rotatable bonds is 5. The number of carboxylic acid groups (broad SMARTS) is 1. The quantitative estimate of drug-likeness (QED) is 0.667. The van der Waals surface area contributed by atoms with Crippen molar-refractivity contribution in [1.29, 1.82) is 0 Å².